The van der Waals surface area contributed by atoms with Crippen LogP contribution in [0.3, 0.4) is 0 Å². The second-order valence-corrected chi connectivity index (χ2v) is 11.6. The van der Waals surface area contributed by atoms with Gasteiger partial charge in [-0.2, -0.15) is 0 Å². The third-order valence-corrected chi connectivity index (χ3v) is 11.6. The fourth-order valence-corrected chi connectivity index (χ4v) is 10.5. The normalized spacial score (nSPS) is 21.9. The van der Waals surface area contributed by atoms with Gasteiger partial charge in [-0.25, -0.2) is 0 Å². The molecule has 0 atom stereocenters. The molecule has 98 valence electrons. The maximum atomic E-state index is 5.55. The number of thioether (sulfide) groups is 4. The molecule has 4 rings (SSSR count). The molecular weight excluding hydrogens is 369 g/mol. The molecule has 0 fully saturated rings. The van der Waals surface area contributed by atoms with Crippen molar-refractivity contribution >= 4 is 90.4 Å². The first-order chi connectivity index (χ1) is 9.31. The molecular formula is C12H8S7. The van der Waals surface area contributed by atoms with Gasteiger partial charge in [0, 0.05) is 9.81 Å². The van der Waals surface area contributed by atoms with Crippen LogP contribution < -0.4 is 8.38 Å². The Morgan fingerprint density at radius 1 is 0.895 bits per heavy atom. The predicted octanol–water partition coefficient (Wildman–Crippen LogP) is 5.50. The summed E-state index contributed by atoms with van der Waals surface area (Å²) < 4.78 is 6.59. The van der Waals surface area contributed by atoms with Crippen molar-refractivity contribution < 1.29 is 0 Å². The second kappa shape index (κ2) is 5.59. The Bertz CT molecular complexity index is 746. The molecule has 0 nitrogen and oxygen atoms in total. The predicted molar refractivity (Wildman–Crippen MR) is 99.5 cm³/mol. The first-order valence-corrected chi connectivity index (χ1v) is 11.2. The van der Waals surface area contributed by atoms with Crippen molar-refractivity contribution in [3.63, 3.8) is 0 Å². The Hall–Kier alpha value is 0.890. The summed E-state index contributed by atoms with van der Waals surface area (Å²) in [4.78, 5) is 3.24. The second-order valence-electron chi connectivity index (χ2n) is 4.09. The quantitative estimate of drug-likeness (QED) is 0.547. The highest BCUT2D eigenvalue weighted by Crippen LogP contribution is 2.56. The van der Waals surface area contributed by atoms with Crippen molar-refractivity contribution in [2.75, 3.05) is 0 Å². The first kappa shape index (κ1) is 13.5. The highest BCUT2D eigenvalue weighted by molar-refractivity contribution is 8.36. The van der Waals surface area contributed by atoms with Crippen molar-refractivity contribution in [2.45, 2.75) is 19.3 Å². The standard InChI is InChI=1S/C12H8S7/c13-9-8(10-14-4-5-15-10)18-12(19-9)11-16-6-2-1-3-7(6)17-11/h4-5H,1-3H2. The van der Waals surface area contributed by atoms with Gasteiger partial charge >= 0.3 is 0 Å². The SMILES string of the molecule is S=c1sc(=C2SC3=C(CCC3)S2)sc1=C1SC=CS1. The maximum absolute atomic E-state index is 5.55. The van der Waals surface area contributed by atoms with Crippen LogP contribution in [0, 0.1) is 3.82 Å². The van der Waals surface area contributed by atoms with Crippen molar-refractivity contribution in [1.29, 1.82) is 0 Å². The number of allylic oxidation sites excluding steroid dienone is 2. The van der Waals surface area contributed by atoms with E-state index >= 15 is 0 Å². The van der Waals surface area contributed by atoms with Crippen LogP contribution in [0.5, 0.6) is 0 Å². The maximum Gasteiger partial charge on any atom is 0.110 e. The minimum Gasteiger partial charge on any atom is -0.119 e. The summed E-state index contributed by atoms with van der Waals surface area (Å²) >= 11 is 16.8. The summed E-state index contributed by atoms with van der Waals surface area (Å²) in [7, 11) is 0. The molecule has 1 aliphatic carbocycles. The molecule has 3 aliphatic rings. The largest absolute Gasteiger partial charge is 0.119 e. The highest BCUT2D eigenvalue weighted by Gasteiger charge is 2.25. The van der Waals surface area contributed by atoms with E-state index in [-0.39, 0.29) is 0 Å². The average Bonchev–Trinajstić information content (AvgIpc) is 3.11. The minimum absolute atomic E-state index is 1.06. The molecule has 0 amide bonds. The van der Waals surface area contributed by atoms with Crippen LogP contribution in [0.2, 0.25) is 0 Å². The molecule has 7 heteroatoms. The van der Waals surface area contributed by atoms with E-state index in [1.165, 1.54) is 36.1 Å². The smallest absolute Gasteiger partial charge is 0.110 e. The van der Waals surface area contributed by atoms with E-state index in [1.807, 2.05) is 34.9 Å². The third-order valence-electron chi connectivity index (χ3n) is 2.87. The molecule has 0 bridgehead atoms. The van der Waals surface area contributed by atoms with E-state index in [0.29, 0.717) is 0 Å². The van der Waals surface area contributed by atoms with Gasteiger partial charge in [0.15, 0.2) is 0 Å². The zero-order chi connectivity index (χ0) is 12.8. The van der Waals surface area contributed by atoms with Gasteiger partial charge in [-0.3, -0.25) is 0 Å². The number of hydrogen-bond donors (Lipinski definition) is 0. The number of rotatable bonds is 0. The lowest BCUT2D eigenvalue weighted by Crippen LogP contribution is -1.96. The van der Waals surface area contributed by atoms with Crippen molar-refractivity contribution in [3.8, 4) is 0 Å². The van der Waals surface area contributed by atoms with Crippen LogP contribution in [0.1, 0.15) is 19.3 Å². The molecule has 0 unspecified atom stereocenters. The van der Waals surface area contributed by atoms with Gasteiger partial charge in [0.2, 0.25) is 0 Å². The molecule has 0 saturated carbocycles. The van der Waals surface area contributed by atoms with E-state index in [1.54, 1.807) is 44.7 Å². The topological polar surface area (TPSA) is 0 Å². The van der Waals surface area contributed by atoms with Crippen LogP contribution >= 0.6 is 81.9 Å². The zero-order valence-corrected chi connectivity index (χ0v) is 15.3. The zero-order valence-electron chi connectivity index (χ0n) is 9.63. The van der Waals surface area contributed by atoms with E-state index in [4.69, 9.17) is 12.2 Å². The summed E-state index contributed by atoms with van der Waals surface area (Å²) in [6.45, 7) is 0. The molecule has 0 aromatic carbocycles. The molecule has 0 radical (unpaired) electrons. The Morgan fingerprint density at radius 2 is 1.58 bits per heavy atom. The summed E-state index contributed by atoms with van der Waals surface area (Å²) in [5, 5.41) is 4.28. The van der Waals surface area contributed by atoms with Gasteiger partial charge in [-0.05, 0) is 30.1 Å². The van der Waals surface area contributed by atoms with Crippen molar-refractivity contribution in [3.05, 3.63) is 32.8 Å². The summed E-state index contributed by atoms with van der Waals surface area (Å²) in [5.74, 6) is 0. The van der Waals surface area contributed by atoms with Crippen LogP contribution in [-0.2, 0) is 0 Å². The lowest BCUT2D eigenvalue weighted by Gasteiger charge is -1.96. The van der Waals surface area contributed by atoms with Crippen LogP contribution in [0.4, 0.5) is 0 Å². The summed E-state index contributed by atoms with van der Waals surface area (Å²) in [5.41, 5.74) is 0. The monoisotopic (exact) mass is 376 g/mol. The van der Waals surface area contributed by atoms with Gasteiger partial charge in [0.05, 0.1) is 13.0 Å². The summed E-state index contributed by atoms with van der Waals surface area (Å²) in [6, 6.07) is 0. The molecule has 0 spiro atoms. The Morgan fingerprint density at radius 3 is 2.26 bits per heavy atom. The Labute approximate surface area is 141 Å². The molecule has 0 N–H and O–H groups in total. The van der Waals surface area contributed by atoms with Crippen LogP contribution in [0.15, 0.2) is 20.6 Å². The lowest BCUT2D eigenvalue weighted by atomic mass is 10.4. The Balaban J connectivity index is 1.81. The number of hydrogen-bond acceptors (Lipinski definition) is 7. The van der Waals surface area contributed by atoms with E-state index in [9.17, 15) is 0 Å². The molecule has 1 aromatic heterocycles. The molecule has 19 heavy (non-hydrogen) atoms. The minimum atomic E-state index is 1.06. The van der Waals surface area contributed by atoms with Gasteiger partial charge in [0.25, 0.3) is 0 Å². The van der Waals surface area contributed by atoms with E-state index in [2.05, 4.69) is 10.8 Å². The highest BCUT2D eigenvalue weighted by atomic mass is 32.2. The Kier molecular flexibility index (Phi) is 3.98. The van der Waals surface area contributed by atoms with Gasteiger partial charge in [-0.1, -0.05) is 59.3 Å². The fraction of sp³-hybridized carbons (Fsp3) is 0.250. The molecule has 3 heterocycles. The van der Waals surface area contributed by atoms with E-state index < -0.39 is 0 Å². The molecule has 0 saturated heterocycles. The van der Waals surface area contributed by atoms with Crippen molar-refractivity contribution in [1.82, 2.24) is 0 Å². The van der Waals surface area contributed by atoms with Gasteiger partial charge < -0.3 is 0 Å². The van der Waals surface area contributed by atoms with Crippen LogP contribution in [0.25, 0.3) is 8.47 Å². The third kappa shape index (κ3) is 2.56. The van der Waals surface area contributed by atoms with Crippen molar-refractivity contribution in [2.24, 2.45) is 0 Å². The molecule has 1 aromatic rings. The average molecular weight is 377 g/mol. The fourth-order valence-electron chi connectivity index (χ4n) is 2.04. The van der Waals surface area contributed by atoms with Gasteiger partial charge in [-0.15, -0.1) is 22.7 Å². The lowest BCUT2D eigenvalue weighted by molar-refractivity contribution is 0.921. The first-order valence-electron chi connectivity index (χ1n) is 5.76. The van der Waals surface area contributed by atoms with E-state index in [0.717, 1.165) is 3.82 Å². The van der Waals surface area contributed by atoms with Gasteiger partial charge in [0.1, 0.15) is 7.67 Å². The molecule has 2 aliphatic heterocycles. The van der Waals surface area contributed by atoms with Crippen LogP contribution in [-0.4, -0.2) is 0 Å². The summed E-state index contributed by atoms with van der Waals surface area (Å²) in [6.07, 6.45) is 3.92.